The molecule has 2 saturated carbocycles. The van der Waals surface area contributed by atoms with Gasteiger partial charge in [0.25, 0.3) is 0 Å². The van der Waals surface area contributed by atoms with Gasteiger partial charge in [-0.2, -0.15) is 0 Å². The van der Waals surface area contributed by atoms with E-state index in [4.69, 9.17) is 4.74 Å². The van der Waals surface area contributed by atoms with Gasteiger partial charge in [0.05, 0.1) is 24.5 Å². The Bertz CT molecular complexity index is 605. The van der Waals surface area contributed by atoms with Crippen LogP contribution in [0.25, 0.3) is 0 Å². The van der Waals surface area contributed by atoms with Crippen molar-refractivity contribution in [2.45, 2.75) is 52.1 Å². The molecule has 5 atom stereocenters. The van der Waals surface area contributed by atoms with Gasteiger partial charge in [-0.1, -0.05) is 32.1 Å². The van der Waals surface area contributed by atoms with Crippen LogP contribution in [0, 0.1) is 22.7 Å². The molecule has 0 aromatic carbocycles. The van der Waals surface area contributed by atoms with E-state index in [1.54, 1.807) is 6.08 Å². The number of aliphatic hydroxyl groups is 2. The second kappa shape index (κ2) is 6.16. The highest BCUT2D eigenvalue weighted by atomic mass is 16.5. The average Bonchev–Trinajstić information content (AvgIpc) is 2.96. The molecule has 0 aromatic heterocycles. The standard InChI is InChI=1S/C20H28O4/c1-13-4-7-16-19(2,10-8-17(22)20(16,3)12-21)15(13)6-5-14-9-11-24-18(14)23/h5,9,11,15-17,21-22H,1,4,6-8,10,12H2,2-3H3/b14-5+/t15-,16+,17-,19+,20+/m0/s1. The van der Waals surface area contributed by atoms with E-state index >= 15 is 0 Å². The minimum absolute atomic E-state index is 0.00374. The van der Waals surface area contributed by atoms with E-state index in [9.17, 15) is 15.0 Å². The number of ether oxygens (including phenoxy) is 1. The highest BCUT2D eigenvalue weighted by Crippen LogP contribution is 2.61. The van der Waals surface area contributed by atoms with Crippen LogP contribution in [0.5, 0.6) is 0 Å². The summed E-state index contributed by atoms with van der Waals surface area (Å²) in [6.07, 6.45) is 8.86. The second-order valence-electron chi connectivity index (χ2n) is 8.13. The van der Waals surface area contributed by atoms with Crippen molar-refractivity contribution < 1.29 is 19.7 Å². The van der Waals surface area contributed by atoms with Crippen molar-refractivity contribution in [3.8, 4) is 0 Å². The maximum absolute atomic E-state index is 11.6. The van der Waals surface area contributed by atoms with Gasteiger partial charge >= 0.3 is 5.97 Å². The van der Waals surface area contributed by atoms with Crippen LogP contribution >= 0.6 is 0 Å². The lowest BCUT2D eigenvalue weighted by Gasteiger charge is -2.59. The third-order valence-corrected chi connectivity index (χ3v) is 6.93. The Labute approximate surface area is 143 Å². The highest BCUT2D eigenvalue weighted by molar-refractivity contribution is 5.94. The van der Waals surface area contributed by atoms with Crippen molar-refractivity contribution in [2.75, 3.05) is 6.61 Å². The Morgan fingerprint density at radius 3 is 2.79 bits per heavy atom. The van der Waals surface area contributed by atoms with Crippen LogP contribution < -0.4 is 0 Å². The van der Waals surface area contributed by atoms with Gasteiger partial charge < -0.3 is 14.9 Å². The molecule has 0 aromatic rings. The summed E-state index contributed by atoms with van der Waals surface area (Å²) in [5.41, 5.74) is 1.34. The molecule has 0 unspecified atom stereocenters. The van der Waals surface area contributed by atoms with Crippen molar-refractivity contribution in [1.29, 1.82) is 0 Å². The molecule has 4 nitrogen and oxygen atoms in total. The predicted octanol–water partition coefficient (Wildman–Crippen LogP) is 3.12. The van der Waals surface area contributed by atoms with Crippen molar-refractivity contribution in [2.24, 2.45) is 22.7 Å². The van der Waals surface area contributed by atoms with Gasteiger partial charge in [0, 0.05) is 5.41 Å². The van der Waals surface area contributed by atoms with Gasteiger partial charge in [-0.25, -0.2) is 4.79 Å². The molecule has 2 fully saturated rings. The van der Waals surface area contributed by atoms with Gasteiger partial charge in [0.15, 0.2) is 0 Å². The zero-order chi connectivity index (χ0) is 17.5. The molecule has 2 N–H and O–H groups in total. The Balaban J connectivity index is 1.89. The third-order valence-electron chi connectivity index (χ3n) is 6.93. The van der Waals surface area contributed by atoms with Crippen molar-refractivity contribution >= 4 is 5.97 Å². The number of hydrogen-bond acceptors (Lipinski definition) is 4. The molecule has 3 rings (SSSR count). The van der Waals surface area contributed by atoms with Crippen LogP contribution in [0.4, 0.5) is 0 Å². The van der Waals surface area contributed by atoms with E-state index in [1.807, 2.05) is 13.0 Å². The normalized spacial score (nSPS) is 43.8. The topological polar surface area (TPSA) is 66.8 Å². The molecule has 0 radical (unpaired) electrons. The number of allylic oxidation sites excluding steroid dienone is 2. The average molecular weight is 332 g/mol. The Kier molecular flexibility index (Phi) is 4.47. The number of carbonyl (C=O) groups is 1. The number of rotatable bonds is 3. The van der Waals surface area contributed by atoms with E-state index < -0.39 is 11.5 Å². The second-order valence-corrected chi connectivity index (χ2v) is 8.13. The highest BCUT2D eigenvalue weighted by Gasteiger charge is 2.57. The maximum atomic E-state index is 11.6. The Hall–Kier alpha value is -1.39. The smallest absolute Gasteiger partial charge is 0.342 e. The molecule has 132 valence electrons. The summed E-state index contributed by atoms with van der Waals surface area (Å²) in [6, 6.07) is 0. The number of hydrogen-bond donors (Lipinski definition) is 2. The van der Waals surface area contributed by atoms with E-state index in [0.29, 0.717) is 12.0 Å². The SMILES string of the molecule is C=C1CC[C@@H]2[C@](C)(CC[C@H](O)[C@]2(C)CO)[C@H]1C/C=C1\C=COC1=O. The summed E-state index contributed by atoms with van der Waals surface area (Å²) in [4.78, 5) is 11.6. The van der Waals surface area contributed by atoms with Gasteiger partial charge in [-0.3, -0.25) is 0 Å². The van der Waals surface area contributed by atoms with Crippen molar-refractivity contribution in [3.05, 3.63) is 36.1 Å². The van der Waals surface area contributed by atoms with Gasteiger partial charge in [0.2, 0.25) is 0 Å². The molecule has 1 aliphatic heterocycles. The molecule has 1 heterocycles. The Morgan fingerprint density at radius 2 is 2.17 bits per heavy atom. The third kappa shape index (κ3) is 2.56. The maximum Gasteiger partial charge on any atom is 0.342 e. The quantitative estimate of drug-likeness (QED) is 0.473. The summed E-state index contributed by atoms with van der Waals surface area (Å²) >= 11 is 0. The minimum atomic E-state index is -0.467. The Morgan fingerprint density at radius 1 is 1.42 bits per heavy atom. The molecule has 0 bridgehead atoms. The molecule has 0 amide bonds. The van der Waals surface area contributed by atoms with E-state index in [0.717, 1.165) is 25.7 Å². The summed E-state index contributed by atoms with van der Waals surface area (Å²) in [7, 11) is 0. The van der Waals surface area contributed by atoms with Crippen LogP contribution in [-0.4, -0.2) is 28.9 Å². The largest absolute Gasteiger partial charge is 0.431 e. The first-order chi connectivity index (χ1) is 11.3. The molecule has 4 heteroatoms. The molecule has 24 heavy (non-hydrogen) atoms. The summed E-state index contributed by atoms with van der Waals surface area (Å²) in [6.45, 7) is 8.59. The van der Waals surface area contributed by atoms with Crippen LogP contribution in [0.3, 0.4) is 0 Å². The lowest BCUT2D eigenvalue weighted by Crippen LogP contribution is -2.57. The fourth-order valence-corrected chi connectivity index (χ4v) is 5.34. The first kappa shape index (κ1) is 17.4. The van der Waals surface area contributed by atoms with Crippen LogP contribution in [0.2, 0.25) is 0 Å². The van der Waals surface area contributed by atoms with Crippen molar-refractivity contribution in [3.63, 3.8) is 0 Å². The predicted molar refractivity (Wildman–Crippen MR) is 91.8 cm³/mol. The zero-order valence-electron chi connectivity index (χ0n) is 14.6. The number of carbonyl (C=O) groups excluding carboxylic acids is 1. The molecule has 3 aliphatic rings. The number of aliphatic hydroxyl groups excluding tert-OH is 2. The lowest BCUT2D eigenvalue weighted by molar-refractivity contribution is -0.151. The lowest BCUT2D eigenvalue weighted by atomic mass is 9.46. The fourth-order valence-electron chi connectivity index (χ4n) is 5.34. The van der Waals surface area contributed by atoms with Crippen LogP contribution in [-0.2, 0) is 9.53 Å². The molecule has 0 spiro atoms. The molecule has 2 aliphatic carbocycles. The van der Waals surface area contributed by atoms with Gasteiger partial charge in [-0.05, 0) is 55.4 Å². The minimum Gasteiger partial charge on any atom is -0.431 e. The van der Waals surface area contributed by atoms with Crippen LogP contribution in [0.15, 0.2) is 36.1 Å². The van der Waals surface area contributed by atoms with Gasteiger partial charge in [-0.15, -0.1) is 0 Å². The van der Waals surface area contributed by atoms with E-state index in [-0.39, 0.29) is 29.8 Å². The van der Waals surface area contributed by atoms with Crippen LogP contribution in [0.1, 0.15) is 46.0 Å². The fraction of sp³-hybridized carbons (Fsp3) is 0.650. The molecule has 0 saturated heterocycles. The summed E-state index contributed by atoms with van der Waals surface area (Å²) in [5, 5.41) is 20.5. The summed E-state index contributed by atoms with van der Waals surface area (Å²) in [5.74, 6) is 0.208. The monoisotopic (exact) mass is 332 g/mol. The summed E-state index contributed by atoms with van der Waals surface area (Å²) < 4.78 is 4.85. The van der Waals surface area contributed by atoms with Crippen molar-refractivity contribution in [1.82, 2.24) is 0 Å². The number of fused-ring (bicyclic) bond motifs is 1. The number of esters is 1. The van der Waals surface area contributed by atoms with Gasteiger partial charge in [0.1, 0.15) is 0 Å². The molecular formula is C20H28O4. The zero-order valence-corrected chi connectivity index (χ0v) is 14.6. The first-order valence-electron chi connectivity index (χ1n) is 8.87. The molecular weight excluding hydrogens is 304 g/mol. The number of cyclic esters (lactones) is 1. The van der Waals surface area contributed by atoms with E-state index in [1.165, 1.54) is 11.8 Å². The van der Waals surface area contributed by atoms with E-state index in [2.05, 4.69) is 13.5 Å². The first-order valence-corrected chi connectivity index (χ1v) is 8.87.